The smallest absolute Gasteiger partial charge is 0.309 e. The predicted molar refractivity (Wildman–Crippen MR) is 217 cm³/mol. The molecule has 7 aliphatic rings. The number of nitrogens with zero attached hydrogens (tertiary/aromatic N) is 2. The summed E-state index contributed by atoms with van der Waals surface area (Å²) in [5, 5.41) is 16.2. The SMILES string of the molecule is CC(C)C1=C2[C@H]3CC[C@@H]4[C@@]5(C)CC[C@H](OC(=O)[C@H]6C[C@@H](C(=O)O)C6(C)C)C(C)(C)[C@@H]5CC[C@@]4(C)[C@]3(C)CC[C@@]2(NC(=O)C2(NC(=O)c3ncccn3)CCC2)CC1=O. The maximum absolute atomic E-state index is 14.6. The highest BCUT2D eigenvalue weighted by molar-refractivity contribution is 6.03. The van der Waals surface area contributed by atoms with Gasteiger partial charge < -0.3 is 20.5 Å². The molecule has 10 atom stereocenters. The first kappa shape index (κ1) is 41.1. The first-order valence-corrected chi connectivity index (χ1v) is 22.2. The van der Waals surface area contributed by atoms with Crippen LogP contribution in [0, 0.1) is 62.6 Å². The van der Waals surface area contributed by atoms with Crippen LogP contribution in [0.25, 0.3) is 0 Å². The highest BCUT2D eigenvalue weighted by Gasteiger charge is 2.71. The van der Waals surface area contributed by atoms with Crippen LogP contribution in [0.5, 0.6) is 0 Å². The molecule has 2 amide bonds. The standard InChI is InChI=1S/C47H66N4O7/c1-26(2)34-30(52)25-47(51-40(57)46(16-10-17-46)50-37(53)36-48-22-11-23-49-36)21-20-44(8)27(35(34)47)12-13-32-43(7)18-15-33(42(5,6)31(43)14-19-45(32,44)9)58-39(56)29-24-28(38(54)55)41(29,3)4/h11,22-23,26-29,31-33H,10,12-21,24-25H2,1-9H3,(H,50,53)(H,51,57)(H,54,55)/t27-,28+,29-,31+,32-,33+,43+,44-,45-,47-/m1/s1. The van der Waals surface area contributed by atoms with Gasteiger partial charge in [-0.2, -0.15) is 0 Å². The van der Waals surface area contributed by atoms with Gasteiger partial charge in [0.25, 0.3) is 5.91 Å². The molecule has 0 aliphatic heterocycles. The van der Waals surface area contributed by atoms with Crippen molar-refractivity contribution in [3.05, 3.63) is 35.4 Å². The molecule has 11 heteroatoms. The molecule has 6 fully saturated rings. The van der Waals surface area contributed by atoms with Gasteiger partial charge in [-0.15, -0.1) is 0 Å². The summed E-state index contributed by atoms with van der Waals surface area (Å²) in [6.45, 7) is 20.1. The van der Waals surface area contributed by atoms with Gasteiger partial charge >= 0.3 is 11.9 Å². The zero-order valence-corrected chi connectivity index (χ0v) is 36.3. The number of aromatic nitrogens is 2. The minimum Gasteiger partial charge on any atom is -0.481 e. The van der Waals surface area contributed by atoms with Crippen LogP contribution < -0.4 is 10.6 Å². The van der Waals surface area contributed by atoms with Crippen molar-refractivity contribution >= 4 is 29.5 Å². The topological polar surface area (TPSA) is 165 Å². The molecule has 1 heterocycles. The third-order valence-electron chi connectivity index (χ3n) is 18.6. The number of hydrogen-bond acceptors (Lipinski definition) is 8. The minimum absolute atomic E-state index is 0.0156. The van der Waals surface area contributed by atoms with Crippen LogP contribution in [0.15, 0.2) is 29.6 Å². The van der Waals surface area contributed by atoms with Crippen LogP contribution >= 0.6 is 0 Å². The zero-order chi connectivity index (χ0) is 42.0. The summed E-state index contributed by atoms with van der Waals surface area (Å²) >= 11 is 0. The monoisotopic (exact) mass is 798 g/mol. The Morgan fingerprint density at radius 2 is 1.48 bits per heavy atom. The maximum atomic E-state index is 14.6. The van der Waals surface area contributed by atoms with E-state index in [9.17, 15) is 29.1 Å². The number of esters is 1. The maximum Gasteiger partial charge on any atom is 0.309 e. The van der Waals surface area contributed by atoms with E-state index < -0.39 is 40.2 Å². The van der Waals surface area contributed by atoms with Gasteiger partial charge in [-0.25, -0.2) is 9.97 Å². The predicted octanol–water partition coefficient (Wildman–Crippen LogP) is 7.64. The van der Waals surface area contributed by atoms with E-state index >= 15 is 0 Å². The molecular weight excluding hydrogens is 733 g/mol. The molecule has 58 heavy (non-hydrogen) atoms. The number of hydrogen-bond donors (Lipinski definition) is 3. The number of carbonyl (C=O) groups excluding carboxylic acids is 4. The third kappa shape index (κ3) is 5.65. The van der Waals surface area contributed by atoms with E-state index in [1.54, 1.807) is 6.07 Å². The van der Waals surface area contributed by atoms with Crippen LogP contribution in [0.3, 0.4) is 0 Å². The Morgan fingerprint density at radius 3 is 2.09 bits per heavy atom. The van der Waals surface area contributed by atoms with Crippen LogP contribution in [-0.2, 0) is 23.9 Å². The fourth-order valence-electron chi connectivity index (χ4n) is 14.9. The van der Waals surface area contributed by atoms with E-state index in [1.165, 1.54) is 12.4 Å². The molecule has 7 aliphatic carbocycles. The zero-order valence-electron chi connectivity index (χ0n) is 36.3. The van der Waals surface area contributed by atoms with E-state index in [4.69, 9.17) is 4.74 Å². The molecule has 6 saturated carbocycles. The number of Topliss-reactive ketones (excluding diaryl/α,β-unsaturated/α-hetero) is 1. The average molecular weight is 799 g/mol. The number of rotatable bonds is 8. The number of carboxylic acid groups (broad SMARTS) is 1. The van der Waals surface area contributed by atoms with Crippen LogP contribution in [0.4, 0.5) is 0 Å². The number of ketones is 1. The van der Waals surface area contributed by atoms with Crippen molar-refractivity contribution in [3.63, 3.8) is 0 Å². The molecule has 0 saturated heterocycles. The highest BCUT2D eigenvalue weighted by atomic mass is 16.5. The summed E-state index contributed by atoms with van der Waals surface area (Å²) in [6, 6.07) is 1.65. The van der Waals surface area contributed by atoms with E-state index in [0.29, 0.717) is 37.5 Å². The molecule has 3 N–H and O–H groups in total. The third-order valence-corrected chi connectivity index (χ3v) is 18.6. The lowest BCUT2D eigenvalue weighted by molar-refractivity contribution is -0.235. The first-order chi connectivity index (χ1) is 27.1. The first-order valence-electron chi connectivity index (χ1n) is 22.2. The summed E-state index contributed by atoms with van der Waals surface area (Å²) < 4.78 is 6.42. The Morgan fingerprint density at radius 1 is 0.793 bits per heavy atom. The largest absolute Gasteiger partial charge is 0.481 e. The number of amides is 2. The summed E-state index contributed by atoms with van der Waals surface area (Å²) in [4.78, 5) is 75.7. The molecule has 0 aromatic carbocycles. The summed E-state index contributed by atoms with van der Waals surface area (Å²) in [7, 11) is 0. The number of carbonyl (C=O) groups is 5. The molecule has 0 spiro atoms. The average Bonchev–Trinajstić information content (AvgIpc) is 3.42. The van der Waals surface area contributed by atoms with E-state index in [0.717, 1.165) is 62.5 Å². The van der Waals surface area contributed by atoms with Gasteiger partial charge in [-0.05, 0) is 140 Å². The van der Waals surface area contributed by atoms with E-state index in [1.807, 2.05) is 13.8 Å². The van der Waals surface area contributed by atoms with Crippen molar-refractivity contribution in [3.8, 4) is 0 Å². The van der Waals surface area contributed by atoms with Gasteiger partial charge in [0.1, 0.15) is 11.6 Å². The molecule has 0 bridgehead atoms. The second kappa shape index (κ2) is 13.4. The Hall–Kier alpha value is -3.63. The molecule has 8 rings (SSSR count). The second-order valence-corrected chi connectivity index (χ2v) is 22.0. The van der Waals surface area contributed by atoms with Gasteiger partial charge in [0.2, 0.25) is 11.7 Å². The number of carboxylic acids is 1. The molecule has 0 radical (unpaired) electrons. The van der Waals surface area contributed by atoms with E-state index in [2.05, 4.69) is 69.1 Å². The quantitative estimate of drug-likeness (QED) is 0.224. The Bertz CT molecular complexity index is 1950. The lowest BCUT2D eigenvalue weighted by atomic mass is 9.33. The van der Waals surface area contributed by atoms with Crippen LogP contribution in [0.1, 0.15) is 156 Å². The Balaban J connectivity index is 1.05. The molecule has 11 nitrogen and oxygen atoms in total. The normalized spacial score (nSPS) is 40.4. The number of fused-ring (bicyclic) bond motifs is 7. The van der Waals surface area contributed by atoms with Crippen molar-refractivity contribution < 1.29 is 33.8 Å². The van der Waals surface area contributed by atoms with Crippen molar-refractivity contribution in [2.24, 2.45) is 62.6 Å². The fraction of sp³-hybridized carbons (Fsp3) is 0.766. The lowest BCUT2D eigenvalue weighted by Gasteiger charge is -2.72. The molecule has 316 valence electrons. The molecule has 0 unspecified atom stereocenters. The molecule has 1 aromatic heterocycles. The Kier molecular flexibility index (Phi) is 9.53. The molecule has 1 aromatic rings. The number of allylic oxidation sites excluding steroid dienone is 1. The van der Waals surface area contributed by atoms with Crippen LogP contribution in [-0.4, -0.2) is 61.8 Å². The second-order valence-electron chi connectivity index (χ2n) is 22.0. The highest BCUT2D eigenvalue weighted by Crippen LogP contribution is 2.76. The summed E-state index contributed by atoms with van der Waals surface area (Å²) in [5.41, 5.74) is -0.749. The van der Waals surface area contributed by atoms with Crippen molar-refractivity contribution in [1.29, 1.82) is 0 Å². The van der Waals surface area contributed by atoms with E-state index in [-0.39, 0.29) is 69.5 Å². The van der Waals surface area contributed by atoms with Crippen molar-refractivity contribution in [2.75, 3.05) is 0 Å². The fourth-order valence-corrected chi connectivity index (χ4v) is 14.9. The number of ether oxygens (including phenoxy) is 1. The molecular formula is C47H66N4O7. The van der Waals surface area contributed by atoms with Crippen LogP contribution in [0.2, 0.25) is 0 Å². The van der Waals surface area contributed by atoms with Gasteiger partial charge in [0, 0.05) is 24.2 Å². The number of aliphatic carboxylic acids is 1. The minimum atomic E-state index is -1.06. The summed E-state index contributed by atoms with van der Waals surface area (Å²) in [5.74, 6) is -1.57. The van der Waals surface area contributed by atoms with Gasteiger partial charge in [-0.1, -0.05) is 62.3 Å². The van der Waals surface area contributed by atoms with Crippen molar-refractivity contribution in [1.82, 2.24) is 20.6 Å². The van der Waals surface area contributed by atoms with Gasteiger partial charge in [0.05, 0.1) is 17.4 Å². The number of nitrogens with one attached hydrogen (secondary N) is 2. The van der Waals surface area contributed by atoms with Crippen molar-refractivity contribution in [2.45, 2.75) is 163 Å². The summed E-state index contributed by atoms with van der Waals surface area (Å²) in [6.07, 6.45) is 12.7. The van der Waals surface area contributed by atoms with Gasteiger partial charge in [-0.3, -0.25) is 24.0 Å². The lowest BCUT2D eigenvalue weighted by Crippen LogP contribution is -2.70. The van der Waals surface area contributed by atoms with Gasteiger partial charge in [0.15, 0.2) is 5.78 Å². The Labute approximate surface area is 344 Å².